The van der Waals surface area contributed by atoms with Gasteiger partial charge in [0.15, 0.2) is 0 Å². The third kappa shape index (κ3) is 10.0. The highest BCUT2D eigenvalue weighted by atomic mass is 16.4. The topological polar surface area (TPSA) is 37.3 Å². The van der Waals surface area contributed by atoms with E-state index in [1.807, 2.05) is 0 Å². The highest BCUT2D eigenvalue weighted by molar-refractivity contribution is 5.66. The molecule has 16 heavy (non-hydrogen) atoms. The van der Waals surface area contributed by atoms with Crippen molar-refractivity contribution >= 4 is 5.97 Å². The monoisotopic (exact) mass is 228 g/mol. The Morgan fingerprint density at radius 1 is 1.00 bits per heavy atom. The van der Waals surface area contributed by atoms with E-state index in [9.17, 15) is 4.79 Å². The summed E-state index contributed by atoms with van der Waals surface area (Å²) in [5.41, 5.74) is 0. The summed E-state index contributed by atoms with van der Waals surface area (Å²) in [4.78, 5) is 10.3. The number of carbonyl (C=O) groups is 1. The minimum absolute atomic E-state index is 0.341. The first kappa shape index (κ1) is 15.5. The van der Waals surface area contributed by atoms with Crippen molar-refractivity contribution in [2.24, 2.45) is 5.92 Å². The van der Waals surface area contributed by atoms with Crippen molar-refractivity contribution in [2.45, 2.75) is 78.1 Å². The number of unbranched alkanes of at least 4 members (excludes halogenated alkanes) is 4. The number of rotatable bonds is 11. The summed E-state index contributed by atoms with van der Waals surface area (Å²) in [5.74, 6) is 0.262. The highest BCUT2D eigenvalue weighted by Gasteiger charge is 2.04. The van der Waals surface area contributed by atoms with E-state index in [0.29, 0.717) is 6.42 Å². The first-order chi connectivity index (χ1) is 7.70. The molecule has 0 aromatic carbocycles. The molecule has 0 saturated heterocycles. The zero-order valence-electron chi connectivity index (χ0n) is 11.0. The van der Waals surface area contributed by atoms with Gasteiger partial charge in [-0.2, -0.15) is 0 Å². The molecular weight excluding hydrogens is 200 g/mol. The maximum atomic E-state index is 10.3. The molecule has 0 aromatic rings. The van der Waals surface area contributed by atoms with Crippen LogP contribution in [0, 0.1) is 5.92 Å². The Morgan fingerprint density at radius 2 is 1.62 bits per heavy atom. The van der Waals surface area contributed by atoms with Crippen LogP contribution in [0.25, 0.3) is 0 Å². The molecule has 0 aliphatic carbocycles. The lowest BCUT2D eigenvalue weighted by Gasteiger charge is -2.12. The van der Waals surface area contributed by atoms with Gasteiger partial charge < -0.3 is 5.11 Å². The van der Waals surface area contributed by atoms with Crippen molar-refractivity contribution in [3.8, 4) is 0 Å². The fraction of sp³-hybridized carbons (Fsp3) is 0.929. The predicted octanol–water partition coefficient (Wildman–Crippen LogP) is 4.63. The fourth-order valence-electron chi connectivity index (χ4n) is 2.20. The van der Waals surface area contributed by atoms with Gasteiger partial charge in [-0.1, -0.05) is 65.2 Å². The normalized spacial score (nSPS) is 12.6. The van der Waals surface area contributed by atoms with E-state index in [0.717, 1.165) is 18.8 Å². The van der Waals surface area contributed by atoms with Gasteiger partial charge in [0, 0.05) is 6.42 Å². The quantitative estimate of drug-likeness (QED) is 0.523. The fourth-order valence-corrected chi connectivity index (χ4v) is 2.20. The molecule has 0 amide bonds. The average Bonchev–Trinajstić information content (AvgIpc) is 2.26. The molecule has 0 rings (SSSR count). The highest BCUT2D eigenvalue weighted by Crippen LogP contribution is 2.19. The van der Waals surface area contributed by atoms with E-state index in [-0.39, 0.29) is 0 Å². The summed E-state index contributed by atoms with van der Waals surface area (Å²) >= 11 is 0. The lowest BCUT2D eigenvalue weighted by molar-refractivity contribution is -0.137. The molecule has 0 aliphatic heterocycles. The molecule has 0 bridgehead atoms. The van der Waals surface area contributed by atoms with E-state index < -0.39 is 5.97 Å². The molecule has 0 aromatic heterocycles. The molecule has 2 nitrogen and oxygen atoms in total. The third-order valence-corrected chi connectivity index (χ3v) is 3.28. The second kappa shape index (κ2) is 11.0. The Balaban J connectivity index is 3.22. The van der Waals surface area contributed by atoms with Gasteiger partial charge in [0.2, 0.25) is 0 Å². The van der Waals surface area contributed by atoms with Crippen LogP contribution in [0.4, 0.5) is 0 Å². The maximum absolute atomic E-state index is 10.3. The zero-order chi connectivity index (χ0) is 12.2. The lowest BCUT2D eigenvalue weighted by Crippen LogP contribution is -1.98. The molecule has 2 heteroatoms. The van der Waals surface area contributed by atoms with Crippen LogP contribution >= 0.6 is 0 Å². The third-order valence-electron chi connectivity index (χ3n) is 3.28. The number of aliphatic carboxylic acids is 1. The van der Waals surface area contributed by atoms with Crippen LogP contribution in [0.1, 0.15) is 78.1 Å². The molecule has 1 unspecified atom stereocenters. The molecule has 0 spiro atoms. The summed E-state index contributed by atoms with van der Waals surface area (Å²) < 4.78 is 0. The SMILES string of the molecule is CCCC(CC)CCCCCCCC(=O)O. The van der Waals surface area contributed by atoms with E-state index in [1.54, 1.807) is 0 Å². The van der Waals surface area contributed by atoms with Gasteiger partial charge in [0.25, 0.3) is 0 Å². The van der Waals surface area contributed by atoms with E-state index in [1.165, 1.54) is 44.9 Å². The largest absolute Gasteiger partial charge is 0.481 e. The van der Waals surface area contributed by atoms with Crippen LogP contribution < -0.4 is 0 Å². The molecule has 1 atom stereocenters. The number of carboxylic acid groups (broad SMARTS) is 1. The summed E-state index contributed by atoms with van der Waals surface area (Å²) in [7, 11) is 0. The Hall–Kier alpha value is -0.530. The molecule has 96 valence electrons. The lowest BCUT2D eigenvalue weighted by atomic mass is 9.94. The van der Waals surface area contributed by atoms with Crippen LogP contribution in [0.2, 0.25) is 0 Å². The maximum Gasteiger partial charge on any atom is 0.303 e. The van der Waals surface area contributed by atoms with Crippen LogP contribution in [0.5, 0.6) is 0 Å². The van der Waals surface area contributed by atoms with Crippen LogP contribution in [-0.4, -0.2) is 11.1 Å². The molecule has 0 radical (unpaired) electrons. The summed E-state index contributed by atoms with van der Waals surface area (Å²) in [6, 6.07) is 0. The van der Waals surface area contributed by atoms with Gasteiger partial charge in [-0.05, 0) is 12.3 Å². The molecule has 0 saturated carbocycles. The Bertz CT molecular complexity index is 166. The van der Waals surface area contributed by atoms with Gasteiger partial charge in [-0.3, -0.25) is 4.79 Å². The van der Waals surface area contributed by atoms with Gasteiger partial charge >= 0.3 is 5.97 Å². The average molecular weight is 228 g/mol. The van der Waals surface area contributed by atoms with Crippen molar-refractivity contribution in [1.82, 2.24) is 0 Å². The first-order valence-electron chi connectivity index (χ1n) is 6.92. The molecule has 0 aliphatic rings. The molecule has 0 heterocycles. The number of carboxylic acids is 1. The van der Waals surface area contributed by atoms with Crippen molar-refractivity contribution in [3.05, 3.63) is 0 Å². The van der Waals surface area contributed by atoms with Crippen molar-refractivity contribution in [2.75, 3.05) is 0 Å². The smallest absolute Gasteiger partial charge is 0.303 e. The molecule has 0 fully saturated rings. The molecular formula is C14H28O2. The van der Waals surface area contributed by atoms with Gasteiger partial charge in [0.1, 0.15) is 0 Å². The number of hydrogen-bond donors (Lipinski definition) is 1. The second-order valence-electron chi connectivity index (χ2n) is 4.76. The minimum atomic E-state index is -0.658. The minimum Gasteiger partial charge on any atom is -0.481 e. The summed E-state index contributed by atoms with van der Waals surface area (Å²) in [6.45, 7) is 4.54. The Kier molecular flexibility index (Phi) is 10.6. The van der Waals surface area contributed by atoms with Gasteiger partial charge in [-0.25, -0.2) is 0 Å². The van der Waals surface area contributed by atoms with Gasteiger partial charge in [-0.15, -0.1) is 0 Å². The predicted molar refractivity (Wildman–Crippen MR) is 68.6 cm³/mol. The van der Waals surface area contributed by atoms with E-state index in [2.05, 4.69) is 13.8 Å². The van der Waals surface area contributed by atoms with Crippen LogP contribution in [0.15, 0.2) is 0 Å². The summed E-state index contributed by atoms with van der Waals surface area (Å²) in [5, 5.41) is 8.48. The van der Waals surface area contributed by atoms with Crippen LogP contribution in [-0.2, 0) is 4.79 Å². The second-order valence-corrected chi connectivity index (χ2v) is 4.76. The zero-order valence-corrected chi connectivity index (χ0v) is 11.0. The van der Waals surface area contributed by atoms with E-state index in [4.69, 9.17) is 5.11 Å². The van der Waals surface area contributed by atoms with E-state index >= 15 is 0 Å². The standard InChI is InChI=1S/C14H28O2/c1-3-10-13(4-2)11-8-6-5-7-9-12-14(15)16/h13H,3-12H2,1-2H3,(H,15,16). The number of hydrogen-bond acceptors (Lipinski definition) is 1. The first-order valence-corrected chi connectivity index (χ1v) is 6.92. The van der Waals surface area contributed by atoms with Gasteiger partial charge in [0.05, 0.1) is 0 Å². The van der Waals surface area contributed by atoms with Crippen molar-refractivity contribution < 1.29 is 9.90 Å². The Morgan fingerprint density at radius 3 is 2.19 bits per heavy atom. The van der Waals surface area contributed by atoms with Crippen LogP contribution in [0.3, 0.4) is 0 Å². The molecule has 1 N–H and O–H groups in total. The van der Waals surface area contributed by atoms with Crippen molar-refractivity contribution in [3.63, 3.8) is 0 Å². The Labute approximate surface area is 100 Å². The van der Waals surface area contributed by atoms with Crippen molar-refractivity contribution in [1.29, 1.82) is 0 Å². The summed E-state index contributed by atoms with van der Waals surface area (Å²) in [6.07, 6.45) is 11.4.